The Morgan fingerprint density at radius 1 is 0.737 bits per heavy atom. The summed E-state index contributed by atoms with van der Waals surface area (Å²) in [4.78, 5) is 0. The lowest BCUT2D eigenvalue weighted by molar-refractivity contribution is 0.292. The topological polar surface area (TPSA) is 18.5 Å². The summed E-state index contributed by atoms with van der Waals surface area (Å²) in [6.45, 7) is 0. The summed E-state index contributed by atoms with van der Waals surface area (Å²) in [6, 6.07) is 18.9. The Kier molecular flexibility index (Phi) is 3.24. The molecule has 0 atom stereocenters. The fourth-order valence-electron chi connectivity index (χ4n) is 2.63. The number of rotatable bonds is 3. The molecule has 0 heterocycles. The van der Waals surface area contributed by atoms with Crippen LogP contribution in [0.3, 0.4) is 0 Å². The molecule has 0 radical (unpaired) electrons. The van der Waals surface area contributed by atoms with Crippen LogP contribution in [0, 0.1) is 0 Å². The normalized spacial score (nSPS) is 11.1. The maximum absolute atomic E-state index is 5.42. The van der Waals surface area contributed by atoms with Gasteiger partial charge < -0.3 is 9.31 Å². The highest BCUT2D eigenvalue weighted by molar-refractivity contribution is 6.65. The molecule has 0 bridgehead atoms. The molecular weight excluding hydrogens is 235 g/mol. The molecule has 0 N–H and O–H groups in total. The van der Waals surface area contributed by atoms with Crippen LogP contribution in [0.4, 0.5) is 0 Å². The third-order valence-electron chi connectivity index (χ3n) is 3.48. The second kappa shape index (κ2) is 5.04. The predicted octanol–water partition coefficient (Wildman–Crippen LogP) is 2.98. The van der Waals surface area contributed by atoms with E-state index in [1.54, 1.807) is 14.2 Å². The van der Waals surface area contributed by atoms with E-state index in [1.807, 2.05) is 6.07 Å². The van der Waals surface area contributed by atoms with E-state index in [4.69, 9.17) is 9.31 Å². The zero-order chi connectivity index (χ0) is 13.2. The third-order valence-corrected chi connectivity index (χ3v) is 3.48. The van der Waals surface area contributed by atoms with Crippen LogP contribution < -0.4 is 5.46 Å². The second-order valence-electron chi connectivity index (χ2n) is 4.54. The maximum Gasteiger partial charge on any atom is 0.494 e. The molecule has 19 heavy (non-hydrogen) atoms. The van der Waals surface area contributed by atoms with Crippen LogP contribution in [0.2, 0.25) is 0 Å². The van der Waals surface area contributed by atoms with Gasteiger partial charge in [-0.1, -0.05) is 54.6 Å². The van der Waals surface area contributed by atoms with Gasteiger partial charge in [0.05, 0.1) is 0 Å². The maximum atomic E-state index is 5.42. The number of benzene rings is 3. The summed E-state index contributed by atoms with van der Waals surface area (Å²) in [5.74, 6) is 0. The van der Waals surface area contributed by atoms with Gasteiger partial charge in [0, 0.05) is 14.2 Å². The van der Waals surface area contributed by atoms with Crippen molar-refractivity contribution >= 4 is 34.1 Å². The van der Waals surface area contributed by atoms with Crippen molar-refractivity contribution in [2.45, 2.75) is 0 Å². The van der Waals surface area contributed by atoms with Gasteiger partial charge in [0.15, 0.2) is 0 Å². The minimum Gasteiger partial charge on any atom is -0.410 e. The van der Waals surface area contributed by atoms with Crippen LogP contribution >= 0.6 is 0 Å². The molecule has 0 aliphatic rings. The fraction of sp³-hybridized carbons (Fsp3) is 0.125. The van der Waals surface area contributed by atoms with Gasteiger partial charge in [-0.3, -0.25) is 0 Å². The van der Waals surface area contributed by atoms with Gasteiger partial charge in [-0.2, -0.15) is 0 Å². The van der Waals surface area contributed by atoms with E-state index in [0.717, 1.165) is 5.46 Å². The molecule has 0 unspecified atom stereocenters. The molecule has 0 spiro atoms. The molecule has 0 amide bonds. The van der Waals surface area contributed by atoms with E-state index in [0.29, 0.717) is 0 Å². The van der Waals surface area contributed by atoms with Gasteiger partial charge in [0.2, 0.25) is 0 Å². The van der Waals surface area contributed by atoms with E-state index in [9.17, 15) is 0 Å². The van der Waals surface area contributed by atoms with Gasteiger partial charge in [-0.05, 0) is 27.0 Å². The SMILES string of the molecule is COB(OC)c1cc2ccccc2c2ccccc12. The largest absolute Gasteiger partial charge is 0.494 e. The van der Waals surface area contributed by atoms with Gasteiger partial charge >= 0.3 is 7.12 Å². The predicted molar refractivity (Wildman–Crippen MR) is 80.9 cm³/mol. The summed E-state index contributed by atoms with van der Waals surface area (Å²) in [6.07, 6.45) is 0. The molecule has 3 rings (SSSR count). The molecule has 0 saturated heterocycles. The van der Waals surface area contributed by atoms with Crippen LogP contribution in [0.1, 0.15) is 0 Å². The lowest BCUT2D eigenvalue weighted by Crippen LogP contribution is -2.35. The Labute approximate surface area is 113 Å². The van der Waals surface area contributed by atoms with Crippen molar-refractivity contribution < 1.29 is 9.31 Å². The zero-order valence-electron chi connectivity index (χ0n) is 11.1. The van der Waals surface area contributed by atoms with Crippen molar-refractivity contribution in [2.75, 3.05) is 14.2 Å². The van der Waals surface area contributed by atoms with Crippen molar-refractivity contribution in [3.63, 3.8) is 0 Å². The van der Waals surface area contributed by atoms with Crippen molar-refractivity contribution in [3.8, 4) is 0 Å². The Morgan fingerprint density at radius 3 is 2.00 bits per heavy atom. The fourth-order valence-corrected chi connectivity index (χ4v) is 2.63. The summed E-state index contributed by atoms with van der Waals surface area (Å²) in [5.41, 5.74) is 1.07. The van der Waals surface area contributed by atoms with Crippen LogP contribution in [0.25, 0.3) is 21.5 Å². The van der Waals surface area contributed by atoms with Crippen molar-refractivity contribution in [3.05, 3.63) is 54.6 Å². The minimum absolute atomic E-state index is 0.338. The molecule has 0 saturated carbocycles. The Hall–Kier alpha value is -1.84. The van der Waals surface area contributed by atoms with E-state index in [-0.39, 0.29) is 7.12 Å². The summed E-state index contributed by atoms with van der Waals surface area (Å²) in [7, 11) is 2.99. The Bertz CT molecular complexity index is 720. The molecule has 94 valence electrons. The third kappa shape index (κ3) is 2.01. The molecule has 3 aromatic carbocycles. The van der Waals surface area contributed by atoms with Crippen LogP contribution in [0.15, 0.2) is 54.6 Å². The first kappa shape index (κ1) is 12.2. The van der Waals surface area contributed by atoms with Crippen LogP contribution in [0.5, 0.6) is 0 Å². The van der Waals surface area contributed by atoms with Crippen LogP contribution in [-0.2, 0) is 9.31 Å². The lowest BCUT2D eigenvalue weighted by atomic mass is 9.75. The van der Waals surface area contributed by atoms with Crippen molar-refractivity contribution in [1.29, 1.82) is 0 Å². The van der Waals surface area contributed by atoms with E-state index in [1.165, 1.54) is 21.5 Å². The molecule has 0 aliphatic heterocycles. The van der Waals surface area contributed by atoms with Crippen molar-refractivity contribution in [2.24, 2.45) is 0 Å². The van der Waals surface area contributed by atoms with Crippen LogP contribution in [-0.4, -0.2) is 21.3 Å². The zero-order valence-corrected chi connectivity index (χ0v) is 11.1. The minimum atomic E-state index is -0.338. The average Bonchev–Trinajstić information content (AvgIpc) is 2.48. The van der Waals surface area contributed by atoms with Crippen molar-refractivity contribution in [1.82, 2.24) is 0 Å². The van der Waals surface area contributed by atoms with E-state index >= 15 is 0 Å². The molecular formula is C16H15BO2. The highest BCUT2D eigenvalue weighted by atomic mass is 16.6. The smallest absolute Gasteiger partial charge is 0.410 e. The summed E-state index contributed by atoms with van der Waals surface area (Å²) < 4.78 is 10.8. The van der Waals surface area contributed by atoms with Gasteiger partial charge in [-0.15, -0.1) is 0 Å². The highest BCUT2D eigenvalue weighted by Gasteiger charge is 2.21. The highest BCUT2D eigenvalue weighted by Crippen LogP contribution is 2.24. The second-order valence-corrected chi connectivity index (χ2v) is 4.54. The number of fused-ring (bicyclic) bond motifs is 3. The average molecular weight is 250 g/mol. The number of hydrogen-bond acceptors (Lipinski definition) is 2. The molecule has 0 aliphatic carbocycles. The molecule has 0 aromatic heterocycles. The van der Waals surface area contributed by atoms with Gasteiger partial charge in [0.1, 0.15) is 0 Å². The van der Waals surface area contributed by atoms with Gasteiger partial charge in [0.25, 0.3) is 0 Å². The first-order chi connectivity index (χ1) is 9.35. The Balaban J connectivity index is 2.42. The molecule has 0 fully saturated rings. The number of hydrogen-bond donors (Lipinski definition) is 0. The van der Waals surface area contributed by atoms with E-state index in [2.05, 4.69) is 48.5 Å². The quantitative estimate of drug-likeness (QED) is 0.525. The first-order valence-corrected chi connectivity index (χ1v) is 6.31. The molecule has 3 heteroatoms. The molecule has 2 nitrogen and oxygen atoms in total. The van der Waals surface area contributed by atoms with E-state index < -0.39 is 0 Å². The Morgan fingerprint density at radius 2 is 1.32 bits per heavy atom. The first-order valence-electron chi connectivity index (χ1n) is 6.31. The lowest BCUT2D eigenvalue weighted by Gasteiger charge is -2.14. The van der Waals surface area contributed by atoms with Gasteiger partial charge in [-0.25, -0.2) is 0 Å². The summed E-state index contributed by atoms with van der Waals surface area (Å²) in [5, 5.41) is 4.87. The molecule has 3 aromatic rings. The summed E-state index contributed by atoms with van der Waals surface area (Å²) >= 11 is 0. The monoisotopic (exact) mass is 250 g/mol. The standard InChI is InChI=1S/C16H15BO2/c1-18-17(19-2)16-11-12-7-3-4-8-13(12)14-9-5-6-10-15(14)16/h3-11H,1-2H3.